The van der Waals surface area contributed by atoms with Gasteiger partial charge in [0.15, 0.2) is 0 Å². The van der Waals surface area contributed by atoms with E-state index in [1.807, 2.05) is 18.7 Å². The number of hydrogen-bond acceptors (Lipinski definition) is 2. The number of carbonyl (C=O) groups excluding carboxylic acids is 2. The first-order chi connectivity index (χ1) is 14.2. The molecule has 30 heavy (non-hydrogen) atoms. The van der Waals surface area contributed by atoms with Gasteiger partial charge in [-0.3, -0.25) is 9.59 Å². The maximum atomic E-state index is 12.8. The molecular formula is C23H31F3N2O2. The Kier molecular flexibility index (Phi) is 6.78. The van der Waals surface area contributed by atoms with Crippen molar-refractivity contribution in [2.45, 2.75) is 65.2 Å². The molecule has 166 valence electrons. The van der Waals surface area contributed by atoms with Gasteiger partial charge in [-0.15, -0.1) is 0 Å². The van der Waals surface area contributed by atoms with Crippen molar-refractivity contribution in [2.24, 2.45) is 23.7 Å². The van der Waals surface area contributed by atoms with Crippen molar-refractivity contribution >= 4 is 11.8 Å². The van der Waals surface area contributed by atoms with E-state index in [2.05, 4.69) is 12.2 Å². The van der Waals surface area contributed by atoms with Crippen LogP contribution in [-0.4, -0.2) is 29.3 Å². The van der Waals surface area contributed by atoms with Gasteiger partial charge in [0.1, 0.15) is 0 Å². The fraction of sp³-hybridized carbons (Fsp3) is 0.652. The summed E-state index contributed by atoms with van der Waals surface area (Å²) in [7, 11) is 0. The summed E-state index contributed by atoms with van der Waals surface area (Å²) in [6.45, 7) is 7.09. The van der Waals surface area contributed by atoms with Crippen molar-refractivity contribution in [1.82, 2.24) is 10.2 Å². The van der Waals surface area contributed by atoms with Crippen LogP contribution >= 0.6 is 0 Å². The fourth-order valence-corrected chi connectivity index (χ4v) is 5.16. The van der Waals surface area contributed by atoms with E-state index in [1.165, 1.54) is 12.1 Å². The molecule has 1 aromatic carbocycles. The third-order valence-corrected chi connectivity index (χ3v) is 7.02. The SMILES string of the molecule is CCC(CC)C(=O)NC[C@H]1[C@@H]2CC(=O)N(Cc3ccc(C(F)(F)F)cc3)[C@@H]2C[C@@H]1C. The lowest BCUT2D eigenvalue weighted by molar-refractivity contribution is -0.137. The number of hydrogen-bond donors (Lipinski definition) is 1. The summed E-state index contributed by atoms with van der Waals surface area (Å²) in [5.74, 6) is 0.970. The molecule has 0 spiro atoms. The van der Waals surface area contributed by atoms with Gasteiger partial charge >= 0.3 is 6.18 Å². The van der Waals surface area contributed by atoms with Crippen molar-refractivity contribution in [2.75, 3.05) is 6.54 Å². The Morgan fingerprint density at radius 3 is 2.40 bits per heavy atom. The zero-order valence-corrected chi connectivity index (χ0v) is 17.8. The van der Waals surface area contributed by atoms with Gasteiger partial charge in [-0.05, 0) is 54.7 Å². The summed E-state index contributed by atoms with van der Waals surface area (Å²) in [4.78, 5) is 26.9. The molecule has 4 atom stereocenters. The number of carbonyl (C=O) groups is 2. The van der Waals surface area contributed by atoms with Crippen molar-refractivity contribution in [3.63, 3.8) is 0 Å². The molecule has 0 radical (unpaired) electrons. The first-order valence-corrected chi connectivity index (χ1v) is 10.9. The highest BCUT2D eigenvalue weighted by Gasteiger charge is 2.50. The quantitative estimate of drug-likeness (QED) is 0.694. The number of amides is 2. The lowest BCUT2D eigenvalue weighted by Gasteiger charge is -2.25. The molecule has 0 aromatic heterocycles. The van der Waals surface area contributed by atoms with Gasteiger partial charge in [0.25, 0.3) is 0 Å². The first-order valence-electron chi connectivity index (χ1n) is 10.9. The average molecular weight is 425 g/mol. The van der Waals surface area contributed by atoms with Crippen LogP contribution in [0.4, 0.5) is 13.2 Å². The van der Waals surface area contributed by atoms with Gasteiger partial charge in [0, 0.05) is 31.5 Å². The van der Waals surface area contributed by atoms with Crippen LogP contribution in [0.25, 0.3) is 0 Å². The molecule has 0 bridgehead atoms. The minimum Gasteiger partial charge on any atom is -0.356 e. The van der Waals surface area contributed by atoms with Crippen molar-refractivity contribution in [1.29, 1.82) is 0 Å². The second-order valence-corrected chi connectivity index (χ2v) is 8.79. The highest BCUT2D eigenvalue weighted by atomic mass is 19.4. The molecule has 7 heteroatoms. The second-order valence-electron chi connectivity index (χ2n) is 8.79. The van der Waals surface area contributed by atoms with Crippen molar-refractivity contribution in [3.8, 4) is 0 Å². The lowest BCUT2D eigenvalue weighted by Crippen LogP contribution is -2.37. The van der Waals surface area contributed by atoms with E-state index in [-0.39, 0.29) is 35.6 Å². The monoisotopic (exact) mass is 424 g/mol. The Bertz CT molecular complexity index is 759. The van der Waals surface area contributed by atoms with Crippen LogP contribution in [0.5, 0.6) is 0 Å². The molecule has 2 amide bonds. The molecule has 1 saturated carbocycles. The minimum absolute atomic E-state index is 0.0267. The predicted molar refractivity (Wildman–Crippen MR) is 108 cm³/mol. The topological polar surface area (TPSA) is 49.4 Å². The summed E-state index contributed by atoms with van der Waals surface area (Å²) < 4.78 is 38.3. The molecule has 1 saturated heterocycles. The third-order valence-electron chi connectivity index (χ3n) is 7.02. The number of alkyl halides is 3. The molecule has 1 aliphatic heterocycles. The Morgan fingerprint density at radius 2 is 1.83 bits per heavy atom. The highest BCUT2D eigenvalue weighted by molar-refractivity contribution is 5.80. The summed E-state index contributed by atoms with van der Waals surface area (Å²) in [6, 6.07) is 5.14. The molecule has 1 aromatic rings. The Balaban J connectivity index is 1.64. The number of nitrogens with one attached hydrogen (secondary N) is 1. The molecule has 1 heterocycles. The smallest absolute Gasteiger partial charge is 0.356 e. The molecule has 2 fully saturated rings. The van der Waals surface area contributed by atoms with E-state index in [0.29, 0.717) is 31.0 Å². The van der Waals surface area contributed by atoms with Crippen LogP contribution < -0.4 is 5.32 Å². The first kappa shape index (κ1) is 22.6. The normalized spacial score (nSPS) is 26.4. The summed E-state index contributed by atoms with van der Waals surface area (Å²) >= 11 is 0. The number of fused-ring (bicyclic) bond motifs is 1. The molecule has 4 nitrogen and oxygen atoms in total. The number of nitrogens with zero attached hydrogens (tertiary/aromatic N) is 1. The van der Waals surface area contributed by atoms with Gasteiger partial charge in [-0.1, -0.05) is 32.9 Å². The van der Waals surface area contributed by atoms with Crippen LogP contribution in [0.15, 0.2) is 24.3 Å². The van der Waals surface area contributed by atoms with Crippen molar-refractivity contribution < 1.29 is 22.8 Å². The lowest BCUT2D eigenvalue weighted by atomic mass is 9.88. The number of likely N-dealkylation sites (tertiary alicyclic amines) is 1. The molecule has 0 unspecified atom stereocenters. The third kappa shape index (κ3) is 4.65. The van der Waals surface area contributed by atoms with Crippen LogP contribution in [0.1, 0.15) is 57.6 Å². The molecule has 1 N–H and O–H groups in total. The van der Waals surface area contributed by atoms with Gasteiger partial charge in [0.2, 0.25) is 11.8 Å². The number of rotatable bonds is 7. The molecular weight excluding hydrogens is 393 g/mol. The van der Waals surface area contributed by atoms with Gasteiger partial charge in [-0.25, -0.2) is 0 Å². The van der Waals surface area contributed by atoms with Gasteiger partial charge < -0.3 is 10.2 Å². The standard InChI is InChI=1S/C23H31F3N2O2/c1-4-16(5-2)22(30)27-12-19-14(3)10-20-18(19)11-21(29)28(20)13-15-6-8-17(9-7-15)23(24,25)26/h6-9,14,16,18-20H,4-5,10-13H2,1-3H3,(H,27,30)/t14-,18-,19+,20+/m0/s1. The Hall–Kier alpha value is -2.05. The van der Waals surface area contributed by atoms with Crippen LogP contribution in [0.3, 0.4) is 0 Å². The van der Waals surface area contributed by atoms with E-state index in [4.69, 9.17) is 0 Å². The van der Waals surface area contributed by atoms with Crippen LogP contribution in [0, 0.1) is 23.7 Å². The summed E-state index contributed by atoms with van der Waals surface area (Å²) in [6.07, 6.45) is -1.42. The van der Waals surface area contributed by atoms with E-state index < -0.39 is 11.7 Å². The highest BCUT2D eigenvalue weighted by Crippen LogP contribution is 2.46. The van der Waals surface area contributed by atoms with Gasteiger partial charge in [0.05, 0.1) is 5.56 Å². The number of benzene rings is 1. The maximum absolute atomic E-state index is 12.8. The molecule has 1 aliphatic carbocycles. The van der Waals surface area contributed by atoms with E-state index >= 15 is 0 Å². The van der Waals surface area contributed by atoms with Crippen LogP contribution in [-0.2, 0) is 22.3 Å². The van der Waals surface area contributed by atoms with E-state index in [9.17, 15) is 22.8 Å². The fourth-order valence-electron chi connectivity index (χ4n) is 5.16. The van der Waals surface area contributed by atoms with E-state index in [0.717, 1.165) is 31.4 Å². The summed E-state index contributed by atoms with van der Waals surface area (Å²) in [5.41, 5.74) is 0.0229. The number of halogens is 3. The van der Waals surface area contributed by atoms with E-state index in [1.54, 1.807) is 0 Å². The summed E-state index contributed by atoms with van der Waals surface area (Å²) in [5, 5.41) is 3.09. The minimum atomic E-state index is -4.36. The predicted octanol–water partition coefficient (Wildman–Crippen LogP) is 4.63. The zero-order chi connectivity index (χ0) is 22.1. The van der Waals surface area contributed by atoms with Crippen molar-refractivity contribution in [3.05, 3.63) is 35.4 Å². The average Bonchev–Trinajstić information content (AvgIpc) is 3.15. The molecule has 3 rings (SSSR count). The van der Waals surface area contributed by atoms with Gasteiger partial charge in [-0.2, -0.15) is 13.2 Å². The maximum Gasteiger partial charge on any atom is 0.416 e. The largest absolute Gasteiger partial charge is 0.416 e. The molecule has 2 aliphatic rings. The van der Waals surface area contributed by atoms with Crippen LogP contribution in [0.2, 0.25) is 0 Å². The Morgan fingerprint density at radius 1 is 1.20 bits per heavy atom. The Labute approximate surface area is 176 Å². The second kappa shape index (κ2) is 8.98. The zero-order valence-electron chi connectivity index (χ0n) is 17.8.